The lowest BCUT2D eigenvalue weighted by atomic mass is 10.00. The first-order valence-corrected chi connectivity index (χ1v) is 6.81. The highest BCUT2D eigenvalue weighted by Crippen LogP contribution is 2.34. The predicted molar refractivity (Wildman–Crippen MR) is 77.7 cm³/mol. The molecule has 0 fully saturated rings. The lowest BCUT2D eigenvalue weighted by molar-refractivity contribution is 0.208. The molecule has 0 amide bonds. The zero-order valence-electron chi connectivity index (χ0n) is 11.4. The first kappa shape index (κ1) is 15.7. The minimum absolute atomic E-state index is 0.265. The van der Waals surface area contributed by atoms with E-state index in [9.17, 15) is 13.9 Å². The maximum atomic E-state index is 13.9. The van der Waals surface area contributed by atoms with Crippen LogP contribution in [0.3, 0.4) is 0 Å². The lowest BCUT2D eigenvalue weighted by Gasteiger charge is -2.16. The van der Waals surface area contributed by atoms with Crippen molar-refractivity contribution in [2.45, 2.75) is 6.10 Å². The van der Waals surface area contributed by atoms with Gasteiger partial charge in [-0.1, -0.05) is 22.0 Å². The topological polar surface area (TPSA) is 38.7 Å². The largest absolute Gasteiger partial charge is 0.493 e. The monoisotopic (exact) mass is 358 g/mol. The van der Waals surface area contributed by atoms with Crippen LogP contribution in [-0.4, -0.2) is 19.3 Å². The molecule has 0 saturated carbocycles. The molecule has 112 valence electrons. The van der Waals surface area contributed by atoms with Gasteiger partial charge in [-0.15, -0.1) is 0 Å². The van der Waals surface area contributed by atoms with Crippen molar-refractivity contribution < 1.29 is 23.4 Å². The van der Waals surface area contributed by atoms with E-state index in [4.69, 9.17) is 9.47 Å². The number of aliphatic hydroxyl groups excluding tert-OH is 1. The number of aliphatic hydroxyl groups is 1. The third kappa shape index (κ3) is 3.16. The Morgan fingerprint density at radius 3 is 2.10 bits per heavy atom. The van der Waals surface area contributed by atoms with Crippen molar-refractivity contribution in [3.05, 3.63) is 57.6 Å². The van der Waals surface area contributed by atoms with Gasteiger partial charge in [-0.05, 0) is 29.8 Å². The summed E-state index contributed by atoms with van der Waals surface area (Å²) in [6.07, 6.45) is -1.45. The molecule has 0 saturated heterocycles. The van der Waals surface area contributed by atoms with Crippen LogP contribution in [0.5, 0.6) is 11.5 Å². The smallest absolute Gasteiger partial charge is 0.161 e. The van der Waals surface area contributed by atoms with Gasteiger partial charge in [-0.25, -0.2) is 8.78 Å². The van der Waals surface area contributed by atoms with Gasteiger partial charge in [-0.3, -0.25) is 0 Å². The Kier molecular flexibility index (Phi) is 4.80. The normalized spacial score (nSPS) is 12.1. The van der Waals surface area contributed by atoms with E-state index in [1.165, 1.54) is 26.4 Å². The summed E-state index contributed by atoms with van der Waals surface area (Å²) in [7, 11) is 2.91. The van der Waals surface area contributed by atoms with Crippen LogP contribution in [0, 0.1) is 11.6 Å². The molecule has 2 rings (SSSR count). The molecule has 0 aliphatic carbocycles. The Hall–Kier alpha value is -1.66. The fourth-order valence-corrected chi connectivity index (χ4v) is 2.41. The van der Waals surface area contributed by atoms with Crippen LogP contribution >= 0.6 is 15.9 Å². The average Bonchev–Trinajstić information content (AvgIpc) is 2.45. The van der Waals surface area contributed by atoms with Crippen molar-refractivity contribution in [1.29, 1.82) is 0 Å². The van der Waals surface area contributed by atoms with Gasteiger partial charge in [0.2, 0.25) is 0 Å². The van der Waals surface area contributed by atoms with Crippen LogP contribution in [-0.2, 0) is 0 Å². The first-order chi connectivity index (χ1) is 9.97. The van der Waals surface area contributed by atoms with Gasteiger partial charge >= 0.3 is 0 Å². The van der Waals surface area contributed by atoms with E-state index < -0.39 is 23.3 Å². The summed E-state index contributed by atoms with van der Waals surface area (Å²) >= 11 is 3.00. The SMILES string of the molecule is COc1ccc(C(O)c2c(F)cc(Br)cc2F)cc1OC. The van der Waals surface area contributed by atoms with Crippen molar-refractivity contribution in [2.24, 2.45) is 0 Å². The first-order valence-electron chi connectivity index (χ1n) is 6.02. The summed E-state index contributed by atoms with van der Waals surface area (Å²) in [6, 6.07) is 6.76. The average molecular weight is 359 g/mol. The second kappa shape index (κ2) is 6.41. The number of hydrogen-bond donors (Lipinski definition) is 1. The lowest BCUT2D eigenvalue weighted by Crippen LogP contribution is -2.06. The molecule has 3 nitrogen and oxygen atoms in total. The molecule has 0 heterocycles. The van der Waals surface area contributed by atoms with Crippen molar-refractivity contribution in [3.63, 3.8) is 0 Å². The maximum absolute atomic E-state index is 13.9. The summed E-state index contributed by atoms with van der Waals surface area (Å²) in [5, 5.41) is 10.2. The van der Waals surface area contributed by atoms with Crippen LogP contribution < -0.4 is 9.47 Å². The number of methoxy groups -OCH3 is 2. The second-order valence-electron chi connectivity index (χ2n) is 4.30. The molecule has 0 aliphatic rings. The zero-order valence-corrected chi connectivity index (χ0v) is 12.9. The molecule has 21 heavy (non-hydrogen) atoms. The molecule has 0 aromatic heterocycles. The van der Waals surface area contributed by atoms with Gasteiger partial charge in [-0.2, -0.15) is 0 Å². The molecule has 6 heteroatoms. The number of benzene rings is 2. The molecular weight excluding hydrogens is 346 g/mol. The van der Waals surface area contributed by atoms with Crippen molar-refractivity contribution in [2.75, 3.05) is 14.2 Å². The van der Waals surface area contributed by atoms with Gasteiger partial charge in [0.15, 0.2) is 11.5 Å². The van der Waals surface area contributed by atoms with Gasteiger partial charge in [0.05, 0.1) is 19.8 Å². The quantitative estimate of drug-likeness (QED) is 0.902. The molecule has 0 aliphatic heterocycles. The highest BCUT2D eigenvalue weighted by molar-refractivity contribution is 9.10. The van der Waals surface area contributed by atoms with E-state index in [1.807, 2.05) is 0 Å². The van der Waals surface area contributed by atoms with Gasteiger partial charge in [0, 0.05) is 4.47 Å². The predicted octanol–water partition coefficient (Wildman–Crippen LogP) is 3.83. The number of hydrogen-bond acceptors (Lipinski definition) is 3. The van der Waals surface area contributed by atoms with E-state index in [0.717, 1.165) is 12.1 Å². The van der Waals surface area contributed by atoms with E-state index in [0.29, 0.717) is 17.1 Å². The minimum Gasteiger partial charge on any atom is -0.493 e. The van der Waals surface area contributed by atoms with Crippen LogP contribution in [0.1, 0.15) is 17.2 Å². The van der Waals surface area contributed by atoms with E-state index >= 15 is 0 Å². The Morgan fingerprint density at radius 2 is 1.57 bits per heavy atom. The zero-order chi connectivity index (χ0) is 15.6. The summed E-state index contributed by atoms with van der Waals surface area (Å²) in [5.74, 6) is -0.828. The standard InChI is InChI=1S/C15H13BrF2O3/c1-20-12-4-3-8(5-13(12)21-2)15(19)14-10(17)6-9(16)7-11(14)18/h3-7,15,19H,1-2H3. The van der Waals surface area contributed by atoms with Crippen LogP contribution in [0.25, 0.3) is 0 Å². The molecule has 1 unspecified atom stereocenters. The van der Waals surface area contributed by atoms with Crippen molar-refractivity contribution in [3.8, 4) is 11.5 Å². The van der Waals surface area contributed by atoms with Gasteiger partial charge < -0.3 is 14.6 Å². The maximum Gasteiger partial charge on any atom is 0.161 e. The molecule has 1 N–H and O–H groups in total. The Bertz CT molecular complexity index is 638. The summed E-state index contributed by atoms with van der Waals surface area (Å²) < 4.78 is 38.2. The highest BCUT2D eigenvalue weighted by atomic mass is 79.9. The number of rotatable bonds is 4. The number of halogens is 3. The third-order valence-electron chi connectivity index (χ3n) is 3.04. The molecule has 1 atom stereocenters. The molecule has 0 spiro atoms. The molecule has 0 radical (unpaired) electrons. The second-order valence-corrected chi connectivity index (χ2v) is 5.22. The molecule has 2 aromatic rings. The molecular formula is C15H13BrF2O3. The summed E-state index contributed by atoms with van der Waals surface area (Å²) in [4.78, 5) is 0. The van der Waals surface area contributed by atoms with Crippen molar-refractivity contribution >= 4 is 15.9 Å². The Labute approximate surface area is 129 Å². The third-order valence-corrected chi connectivity index (χ3v) is 3.50. The van der Waals surface area contributed by atoms with E-state index in [-0.39, 0.29) is 4.47 Å². The van der Waals surface area contributed by atoms with Crippen molar-refractivity contribution in [1.82, 2.24) is 0 Å². The molecule has 0 bridgehead atoms. The Balaban J connectivity index is 2.47. The number of ether oxygens (including phenoxy) is 2. The highest BCUT2D eigenvalue weighted by Gasteiger charge is 2.21. The fourth-order valence-electron chi connectivity index (χ4n) is 2.00. The minimum atomic E-state index is -1.45. The fraction of sp³-hybridized carbons (Fsp3) is 0.200. The van der Waals surface area contributed by atoms with Gasteiger partial charge in [0.25, 0.3) is 0 Å². The summed E-state index contributed by atoms with van der Waals surface area (Å²) in [5.41, 5.74) is -0.113. The van der Waals surface area contributed by atoms with E-state index in [2.05, 4.69) is 15.9 Å². The Morgan fingerprint density at radius 1 is 1.00 bits per heavy atom. The van der Waals surface area contributed by atoms with E-state index in [1.54, 1.807) is 6.07 Å². The summed E-state index contributed by atoms with van der Waals surface area (Å²) in [6.45, 7) is 0. The molecule has 2 aromatic carbocycles. The van der Waals surface area contributed by atoms with Crippen LogP contribution in [0.2, 0.25) is 0 Å². The van der Waals surface area contributed by atoms with Crippen LogP contribution in [0.15, 0.2) is 34.8 Å². The van der Waals surface area contributed by atoms with Crippen LogP contribution in [0.4, 0.5) is 8.78 Å². The van der Waals surface area contributed by atoms with Gasteiger partial charge in [0.1, 0.15) is 17.7 Å².